The third kappa shape index (κ3) is 4.10. The fourth-order valence-electron chi connectivity index (χ4n) is 1.15. The summed E-state index contributed by atoms with van der Waals surface area (Å²) in [6.07, 6.45) is 2.84. The van der Waals surface area contributed by atoms with Crippen molar-refractivity contribution in [1.29, 1.82) is 0 Å². The molecule has 0 aliphatic rings. The van der Waals surface area contributed by atoms with Crippen LogP contribution in [0.25, 0.3) is 0 Å². The zero-order valence-corrected chi connectivity index (χ0v) is 10.4. The summed E-state index contributed by atoms with van der Waals surface area (Å²) in [6, 6.07) is 1.12. The third-order valence-corrected chi connectivity index (χ3v) is 2.73. The number of nitrogens with one attached hydrogen (secondary N) is 1. The first-order valence-corrected chi connectivity index (χ1v) is 6.43. The van der Waals surface area contributed by atoms with E-state index in [0.717, 1.165) is 18.2 Å². The van der Waals surface area contributed by atoms with E-state index in [9.17, 15) is 9.59 Å². The standard InChI is InChI=1S/C10H14N2O4S/c1-6(3-4-17-2)11-9(13)7-5-8(10(14)15)16-12-7/h5-6H,3-4H2,1-2H3,(H,11,13)(H,14,15). The first-order chi connectivity index (χ1) is 8.04. The van der Waals surface area contributed by atoms with Crippen LogP contribution in [-0.4, -0.2) is 40.2 Å². The molecule has 0 saturated heterocycles. The van der Waals surface area contributed by atoms with Gasteiger partial charge in [0.15, 0.2) is 5.69 Å². The molecule has 1 rings (SSSR count). The largest absolute Gasteiger partial charge is 0.475 e. The van der Waals surface area contributed by atoms with E-state index in [-0.39, 0.29) is 17.5 Å². The van der Waals surface area contributed by atoms with E-state index in [1.807, 2.05) is 13.2 Å². The molecule has 0 saturated carbocycles. The minimum atomic E-state index is -1.24. The van der Waals surface area contributed by atoms with Crippen LogP contribution in [0.1, 0.15) is 34.4 Å². The molecule has 1 heterocycles. The molecule has 0 aromatic carbocycles. The highest BCUT2D eigenvalue weighted by molar-refractivity contribution is 7.98. The maximum atomic E-state index is 11.6. The van der Waals surface area contributed by atoms with Gasteiger partial charge in [-0.3, -0.25) is 4.79 Å². The van der Waals surface area contributed by atoms with E-state index in [1.54, 1.807) is 11.8 Å². The van der Waals surface area contributed by atoms with Crippen LogP contribution in [-0.2, 0) is 0 Å². The Kier molecular flexibility index (Phi) is 5.02. The summed E-state index contributed by atoms with van der Waals surface area (Å²) in [6.45, 7) is 1.88. The molecule has 0 fully saturated rings. The second-order valence-electron chi connectivity index (χ2n) is 3.54. The Bertz CT molecular complexity index is 405. The molecule has 0 spiro atoms. The summed E-state index contributed by atoms with van der Waals surface area (Å²) in [7, 11) is 0. The maximum Gasteiger partial charge on any atom is 0.374 e. The molecular weight excluding hydrogens is 244 g/mol. The van der Waals surface area contributed by atoms with Gasteiger partial charge >= 0.3 is 5.97 Å². The lowest BCUT2D eigenvalue weighted by molar-refractivity contribution is 0.0651. The van der Waals surface area contributed by atoms with E-state index >= 15 is 0 Å². The van der Waals surface area contributed by atoms with Gasteiger partial charge in [0.05, 0.1) is 0 Å². The molecule has 2 N–H and O–H groups in total. The number of carbonyl (C=O) groups is 2. The molecule has 0 radical (unpaired) electrons. The van der Waals surface area contributed by atoms with Crippen LogP contribution in [0.5, 0.6) is 0 Å². The first-order valence-electron chi connectivity index (χ1n) is 5.04. The Labute approximate surface area is 103 Å². The quantitative estimate of drug-likeness (QED) is 0.797. The van der Waals surface area contributed by atoms with Gasteiger partial charge in [0, 0.05) is 12.1 Å². The average molecular weight is 258 g/mol. The zero-order chi connectivity index (χ0) is 12.8. The van der Waals surface area contributed by atoms with Crippen molar-refractivity contribution in [2.45, 2.75) is 19.4 Å². The predicted molar refractivity (Wildman–Crippen MR) is 63.4 cm³/mol. The number of hydrogen-bond donors (Lipinski definition) is 2. The Hall–Kier alpha value is -1.50. The van der Waals surface area contributed by atoms with Gasteiger partial charge in [-0.15, -0.1) is 0 Å². The van der Waals surface area contributed by atoms with E-state index in [1.165, 1.54) is 0 Å². The Balaban J connectivity index is 2.54. The minimum Gasteiger partial charge on any atom is -0.475 e. The number of rotatable bonds is 6. The Morgan fingerprint density at radius 1 is 1.65 bits per heavy atom. The van der Waals surface area contributed by atoms with Crippen LogP contribution < -0.4 is 5.32 Å². The van der Waals surface area contributed by atoms with Gasteiger partial charge < -0.3 is 14.9 Å². The highest BCUT2D eigenvalue weighted by atomic mass is 32.2. The lowest BCUT2D eigenvalue weighted by atomic mass is 10.2. The lowest BCUT2D eigenvalue weighted by Crippen LogP contribution is -2.33. The van der Waals surface area contributed by atoms with Gasteiger partial charge in [-0.25, -0.2) is 4.79 Å². The molecule has 0 bridgehead atoms. The van der Waals surface area contributed by atoms with Gasteiger partial charge in [0.25, 0.3) is 5.91 Å². The minimum absolute atomic E-state index is 0.0138. The fraction of sp³-hybridized carbons (Fsp3) is 0.500. The van der Waals surface area contributed by atoms with Crippen LogP contribution in [0.3, 0.4) is 0 Å². The molecule has 17 heavy (non-hydrogen) atoms. The monoisotopic (exact) mass is 258 g/mol. The molecule has 1 amide bonds. The van der Waals surface area contributed by atoms with Crippen molar-refractivity contribution in [3.05, 3.63) is 17.5 Å². The van der Waals surface area contributed by atoms with Crippen LogP contribution in [0.4, 0.5) is 0 Å². The Morgan fingerprint density at radius 2 is 2.35 bits per heavy atom. The molecule has 94 valence electrons. The van der Waals surface area contributed by atoms with Gasteiger partial charge in [0.2, 0.25) is 5.76 Å². The van der Waals surface area contributed by atoms with Gasteiger partial charge in [-0.2, -0.15) is 11.8 Å². The lowest BCUT2D eigenvalue weighted by Gasteiger charge is -2.11. The summed E-state index contributed by atoms with van der Waals surface area (Å²) >= 11 is 1.70. The van der Waals surface area contributed by atoms with E-state index < -0.39 is 11.9 Å². The van der Waals surface area contributed by atoms with Gasteiger partial charge in [0.1, 0.15) is 0 Å². The summed E-state index contributed by atoms with van der Waals surface area (Å²) < 4.78 is 4.50. The number of carboxylic acid groups (broad SMARTS) is 1. The number of aromatic carboxylic acids is 1. The average Bonchev–Trinajstić information content (AvgIpc) is 2.75. The number of aromatic nitrogens is 1. The number of carbonyl (C=O) groups excluding carboxylic acids is 1. The van der Waals surface area contributed by atoms with E-state index in [2.05, 4.69) is 15.0 Å². The molecule has 0 aliphatic heterocycles. The molecule has 1 aromatic heterocycles. The summed E-state index contributed by atoms with van der Waals surface area (Å²) in [5.41, 5.74) is -0.0154. The van der Waals surface area contributed by atoms with Crippen molar-refractivity contribution in [2.75, 3.05) is 12.0 Å². The highest BCUT2D eigenvalue weighted by Gasteiger charge is 2.17. The molecule has 0 aliphatic carbocycles. The number of amides is 1. The molecular formula is C10H14N2O4S. The number of hydrogen-bond acceptors (Lipinski definition) is 5. The third-order valence-electron chi connectivity index (χ3n) is 2.09. The van der Waals surface area contributed by atoms with Gasteiger partial charge in [-0.05, 0) is 25.4 Å². The second-order valence-corrected chi connectivity index (χ2v) is 4.52. The van der Waals surface area contributed by atoms with Crippen molar-refractivity contribution >= 4 is 23.6 Å². The van der Waals surface area contributed by atoms with Gasteiger partial charge in [-0.1, -0.05) is 5.16 Å². The number of nitrogens with zero attached hydrogens (tertiary/aromatic N) is 1. The SMILES string of the molecule is CSCCC(C)NC(=O)c1cc(C(=O)O)on1. The zero-order valence-electron chi connectivity index (χ0n) is 9.60. The topological polar surface area (TPSA) is 92.4 Å². The molecule has 7 heteroatoms. The molecule has 1 unspecified atom stereocenters. The summed E-state index contributed by atoms with van der Waals surface area (Å²) in [5.74, 6) is -1.06. The second kappa shape index (κ2) is 6.29. The number of carboxylic acids is 1. The molecule has 6 nitrogen and oxygen atoms in total. The van der Waals surface area contributed by atoms with E-state index in [4.69, 9.17) is 5.11 Å². The van der Waals surface area contributed by atoms with Crippen LogP contribution >= 0.6 is 11.8 Å². The molecule has 1 atom stereocenters. The van der Waals surface area contributed by atoms with Crippen molar-refractivity contribution in [1.82, 2.24) is 10.5 Å². The maximum absolute atomic E-state index is 11.6. The van der Waals surface area contributed by atoms with E-state index in [0.29, 0.717) is 0 Å². The summed E-state index contributed by atoms with van der Waals surface area (Å²) in [4.78, 5) is 22.2. The summed E-state index contributed by atoms with van der Waals surface area (Å²) in [5, 5.41) is 14.7. The van der Waals surface area contributed by atoms with Crippen molar-refractivity contribution in [2.24, 2.45) is 0 Å². The van der Waals surface area contributed by atoms with Crippen LogP contribution in [0.2, 0.25) is 0 Å². The Morgan fingerprint density at radius 3 is 2.88 bits per heavy atom. The number of thioether (sulfide) groups is 1. The highest BCUT2D eigenvalue weighted by Crippen LogP contribution is 2.05. The first kappa shape index (κ1) is 13.6. The van der Waals surface area contributed by atoms with Crippen molar-refractivity contribution in [3.63, 3.8) is 0 Å². The van der Waals surface area contributed by atoms with Crippen LogP contribution in [0, 0.1) is 0 Å². The smallest absolute Gasteiger partial charge is 0.374 e. The van der Waals surface area contributed by atoms with Crippen molar-refractivity contribution < 1.29 is 19.2 Å². The predicted octanol–water partition coefficient (Wildman–Crippen LogP) is 1.24. The normalized spacial score (nSPS) is 12.1. The molecule has 1 aromatic rings. The van der Waals surface area contributed by atoms with Crippen LogP contribution in [0.15, 0.2) is 10.6 Å². The fourth-order valence-corrected chi connectivity index (χ4v) is 1.74. The van der Waals surface area contributed by atoms with Crippen molar-refractivity contribution in [3.8, 4) is 0 Å².